The quantitative estimate of drug-likeness (QED) is 0.664. The normalized spacial score (nSPS) is 15.0. The van der Waals surface area contributed by atoms with Gasteiger partial charge in [-0.2, -0.15) is 0 Å². The van der Waals surface area contributed by atoms with Crippen molar-refractivity contribution < 1.29 is 9.84 Å². The average Bonchev–Trinajstić information content (AvgIpc) is 2.00. The molecule has 0 spiro atoms. The summed E-state index contributed by atoms with van der Waals surface area (Å²) in [4.78, 5) is 0. The van der Waals surface area contributed by atoms with Crippen LogP contribution in [0.15, 0.2) is 0 Å². The van der Waals surface area contributed by atoms with Crippen molar-refractivity contribution in [2.24, 2.45) is 5.41 Å². The van der Waals surface area contributed by atoms with Gasteiger partial charge in [0.25, 0.3) is 0 Å². The van der Waals surface area contributed by atoms with E-state index in [4.69, 9.17) is 9.84 Å². The van der Waals surface area contributed by atoms with Crippen LogP contribution in [0.4, 0.5) is 0 Å². The summed E-state index contributed by atoms with van der Waals surface area (Å²) in [5.74, 6) is 0. The molecule has 0 aliphatic heterocycles. The molecule has 0 aliphatic rings. The first kappa shape index (κ1) is 10.9. The highest BCUT2D eigenvalue weighted by atomic mass is 16.5. The minimum atomic E-state index is -0.106. The van der Waals surface area contributed by atoms with Crippen molar-refractivity contribution in [3.05, 3.63) is 0 Å². The summed E-state index contributed by atoms with van der Waals surface area (Å²) in [5, 5.41) is 9.04. The van der Waals surface area contributed by atoms with E-state index in [-0.39, 0.29) is 18.1 Å². The molecular formula is C9H20O2. The van der Waals surface area contributed by atoms with Crippen molar-refractivity contribution in [1.82, 2.24) is 0 Å². The van der Waals surface area contributed by atoms with E-state index in [1.54, 1.807) is 7.11 Å². The third-order valence-corrected chi connectivity index (χ3v) is 2.11. The maximum atomic E-state index is 9.04. The average molecular weight is 160 g/mol. The molecule has 1 unspecified atom stereocenters. The highest BCUT2D eigenvalue weighted by Gasteiger charge is 2.27. The van der Waals surface area contributed by atoms with Crippen molar-refractivity contribution in [2.75, 3.05) is 13.7 Å². The lowest BCUT2D eigenvalue weighted by molar-refractivity contribution is -0.0283. The fourth-order valence-corrected chi connectivity index (χ4v) is 1.19. The van der Waals surface area contributed by atoms with Crippen molar-refractivity contribution in [3.63, 3.8) is 0 Å². The molecule has 0 saturated heterocycles. The largest absolute Gasteiger partial charge is 0.396 e. The van der Waals surface area contributed by atoms with Crippen molar-refractivity contribution in [1.29, 1.82) is 0 Å². The molecule has 0 aromatic heterocycles. The predicted molar refractivity (Wildman–Crippen MR) is 46.6 cm³/mol. The first-order chi connectivity index (χ1) is 5.08. The minimum absolute atomic E-state index is 0.106. The summed E-state index contributed by atoms with van der Waals surface area (Å²) in [6.45, 7) is 6.36. The van der Waals surface area contributed by atoms with Crippen LogP contribution in [0, 0.1) is 5.41 Å². The van der Waals surface area contributed by atoms with E-state index in [0.717, 1.165) is 12.8 Å². The lowest BCUT2D eigenvalue weighted by Gasteiger charge is -2.31. The number of ether oxygens (including phenoxy) is 1. The van der Waals surface area contributed by atoms with Crippen molar-refractivity contribution in [3.8, 4) is 0 Å². The highest BCUT2D eigenvalue weighted by molar-refractivity contribution is 4.77. The molecule has 0 bridgehead atoms. The molecule has 68 valence electrons. The molecule has 0 saturated carbocycles. The van der Waals surface area contributed by atoms with Gasteiger partial charge in [0.05, 0.1) is 12.7 Å². The molecule has 0 heterocycles. The molecule has 1 N–H and O–H groups in total. The van der Waals surface area contributed by atoms with Gasteiger partial charge in [0, 0.05) is 12.5 Å². The van der Waals surface area contributed by atoms with Crippen LogP contribution in [0.2, 0.25) is 0 Å². The van der Waals surface area contributed by atoms with Crippen LogP contribution in [0.1, 0.15) is 33.6 Å². The first-order valence-corrected chi connectivity index (χ1v) is 4.22. The smallest absolute Gasteiger partial charge is 0.0644 e. The molecule has 0 radical (unpaired) electrons. The van der Waals surface area contributed by atoms with E-state index < -0.39 is 0 Å². The summed E-state index contributed by atoms with van der Waals surface area (Å²) in [7, 11) is 1.71. The van der Waals surface area contributed by atoms with Gasteiger partial charge < -0.3 is 9.84 Å². The second-order valence-corrected chi connectivity index (χ2v) is 3.66. The van der Waals surface area contributed by atoms with Gasteiger partial charge in [-0.05, 0) is 6.42 Å². The summed E-state index contributed by atoms with van der Waals surface area (Å²) < 4.78 is 5.29. The molecule has 1 atom stereocenters. The minimum Gasteiger partial charge on any atom is -0.396 e. The number of aliphatic hydroxyl groups is 1. The van der Waals surface area contributed by atoms with E-state index in [1.807, 2.05) is 13.8 Å². The third kappa shape index (κ3) is 3.21. The Balaban J connectivity index is 3.99. The zero-order chi connectivity index (χ0) is 8.91. The third-order valence-electron chi connectivity index (χ3n) is 2.11. The Bertz CT molecular complexity index is 99.7. The fourth-order valence-electron chi connectivity index (χ4n) is 1.19. The second kappa shape index (κ2) is 4.73. The molecule has 0 fully saturated rings. The van der Waals surface area contributed by atoms with Crippen LogP contribution in [0.25, 0.3) is 0 Å². The van der Waals surface area contributed by atoms with Gasteiger partial charge in [0.2, 0.25) is 0 Å². The summed E-state index contributed by atoms with van der Waals surface area (Å²) in [5.41, 5.74) is -0.106. The maximum Gasteiger partial charge on any atom is 0.0644 e. The number of aliphatic hydroxyl groups excluding tert-OH is 1. The van der Waals surface area contributed by atoms with Crippen molar-refractivity contribution in [2.45, 2.75) is 39.7 Å². The zero-order valence-electron chi connectivity index (χ0n) is 8.05. The Morgan fingerprint density at radius 3 is 2.27 bits per heavy atom. The van der Waals surface area contributed by atoms with Crippen LogP contribution in [-0.4, -0.2) is 24.9 Å². The molecule has 2 nitrogen and oxygen atoms in total. The second-order valence-electron chi connectivity index (χ2n) is 3.66. The van der Waals surface area contributed by atoms with Gasteiger partial charge in [-0.3, -0.25) is 0 Å². The molecule has 2 heteroatoms. The van der Waals surface area contributed by atoms with Gasteiger partial charge in [-0.25, -0.2) is 0 Å². The molecule has 0 aliphatic carbocycles. The molecule has 0 amide bonds. The summed E-state index contributed by atoms with van der Waals surface area (Å²) >= 11 is 0. The Hall–Kier alpha value is -0.0800. The first-order valence-electron chi connectivity index (χ1n) is 4.22. The number of hydrogen-bond donors (Lipinski definition) is 1. The molecule has 0 aromatic rings. The van der Waals surface area contributed by atoms with Crippen LogP contribution < -0.4 is 0 Å². The number of methoxy groups -OCH3 is 1. The fraction of sp³-hybridized carbons (Fsp3) is 1.00. The van der Waals surface area contributed by atoms with Crippen molar-refractivity contribution >= 4 is 0 Å². The Morgan fingerprint density at radius 2 is 2.00 bits per heavy atom. The van der Waals surface area contributed by atoms with Gasteiger partial charge in [0.15, 0.2) is 0 Å². The summed E-state index contributed by atoms with van der Waals surface area (Å²) in [6, 6.07) is 0. The molecular weight excluding hydrogens is 140 g/mol. The standard InChI is InChI=1S/C9H20O2/c1-5-6-8(11-4)9(2,3)7-10/h8,10H,5-7H2,1-4H3. The maximum absolute atomic E-state index is 9.04. The Labute approximate surface area is 69.6 Å². The lowest BCUT2D eigenvalue weighted by Crippen LogP contribution is -2.34. The van der Waals surface area contributed by atoms with Crippen LogP contribution >= 0.6 is 0 Å². The van der Waals surface area contributed by atoms with E-state index in [0.29, 0.717) is 0 Å². The van der Waals surface area contributed by atoms with Crippen LogP contribution in [-0.2, 0) is 4.74 Å². The van der Waals surface area contributed by atoms with E-state index >= 15 is 0 Å². The van der Waals surface area contributed by atoms with E-state index in [9.17, 15) is 0 Å². The molecule has 11 heavy (non-hydrogen) atoms. The molecule has 0 rings (SSSR count). The number of hydrogen-bond acceptors (Lipinski definition) is 2. The SMILES string of the molecule is CCCC(OC)C(C)(C)CO. The monoisotopic (exact) mass is 160 g/mol. The van der Waals surface area contributed by atoms with Gasteiger partial charge in [-0.15, -0.1) is 0 Å². The van der Waals surface area contributed by atoms with E-state index in [2.05, 4.69) is 6.92 Å². The highest BCUT2D eigenvalue weighted by Crippen LogP contribution is 2.25. The Kier molecular flexibility index (Phi) is 4.69. The van der Waals surface area contributed by atoms with Gasteiger partial charge in [-0.1, -0.05) is 27.2 Å². The number of rotatable bonds is 5. The zero-order valence-corrected chi connectivity index (χ0v) is 8.05. The Morgan fingerprint density at radius 1 is 1.45 bits per heavy atom. The van der Waals surface area contributed by atoms with Crippen LogP contribution in [0.5, 0.6) is 0 Å². The van der Waals surface area contributed by atoms with Gasteiger partial charge in [0.1, 0.15) is 0 Å². The topological polar surface area (TPSA) is 29.5 Å². The van der Waals surface area contributed by atoms with Crippen LogP contribution in [0.3, 0.4) is 0 Å². The van der Waals surface area contributed by atoms with Gasteiger partial charge >= 0.3 is 0 Å². The lowest BCUT2D eigenvalue weighted by atomic mass is 9.85. The summed E-state index contributed by atoms with van der Waals surface area (Å²) in [6.07, 6.45) is 2.30. The van der Waals surface area contributed by atoms with E-state index in [1.165, 1.54) is 0 Å². The predicted octanol–water partition coefficient (Wildman–Crippen LogP) is 1.82. The molecule has 0 aromatic carbocycles.